The molecule has 1 atom stereocenters. The molecule has 1 aromatic heterocycles. The van der Waals surface area contributed by atoms with E-state index in [1.54, 1.807) is 31.2 Å². The first-order valence-corrected chi connectivity index (χ1v) is 8.63. The molecule has 2 aromatic carbocycles. The Bertz CT molecular complexity index is 974. The van der Waals surface area contributed by atoms with Crippen LogP contribution >= 0.6 is 11.6 Å². The van der Waals surface area contributed by atoms with Crippen molar-refractivity contribution in [3.8, 4) is 11.5 Å². The maximum Gasteiger partial charge on any atom is 0.326 e. The number of nitrogens with one attached hydrogen (secondary N) is 1. The molecule has 0 spiro atoms. The summed E-state index contributed by atoms with van der Waals surface area (Å²) in [6.45, 7) is 1.23. The second-order valence-corrected chi connectivity index (χ2v) is 6.21. The van der Waals surface area contributed by atoms with E-state index >= 15 is 0 Å². The van der Waals surface area contributed by atoms with Crippen molar-refractivity contribution < 1.29 is 23.1 Å². The minimum Gasteiger partial charge on any atom is -0.451 e. The Kier molecular flexibility index (Phi) is 6.00. The van der Waals surface area contributed by atoms with E-state index in [2.05, 4.69) is 15.5 Å². The zero-order chi connectivity index (χ0) is 20.1. The van der Waals surface area contributed by atoms with Gasteiger partial charge in [-0.3, -0.25) is 9.59 Å². The van der Waals surface area contributed by atoms with Crippen molar-refractivity contribution in [2.24, 2.45) is 0 Å². The number of carbonyl (C=O) groups is 2. The van der Waals surface area contributed by atoms with Gasteiger partial charge in [-0.25, -0.2) is 4.39 Å². The maximum absolute atomic E-state index is 13.0. The lowest BCUT2D eigenvalue weighted by molar-refractivity contribution is -0.148. The first kappa shape index (κ1) is 19.5. The van der Waals surface area contributed by atoms with Gasteiger partial charge in [0.15, 0.2) is 6.10 Å². The van der Waals surface area contributed by atoms with Crippen molar-refractivity contribution in [1.29, 1.82) is 0 Å². The second kappa shape index (κ2) is 8.62. The van der Waals surface area contributed by atoms with Crippen molar-refractivity contribution in [1.82, 2.24) is 15.5 Å². The van der Waals surface area contributed by atoms with E-state index in [1.165, 1.54) is 24.3 Å². The third-order valence-electron chi connectivity index (χ3n) is 3.69. The van der Waals surface area contributed by atoms with Gasteiger partial charge in [0.05, 0.1) is 0 Å². The molecular weight excluding hydrogens is 389 g/mol. The molecule has 1 amide bonds. The van der Waals surface area contributed by atoms with Crippen LogP contribution in [0.4, 0.5) is 4.39 Å². The van der Waals surface area contributed by atoms with Crippen LogP contribution < -0.4 is 5.32 Å². The average Bonchev–Trinajstić information content (AvgIpc) is 3.17. The van der Waals surface area contributed by atoms with Crippen LogP contribution in [0, 0.1) is 5.82 Å². The Balaban J connectivity index is 1.53. The second-order valence-electron chi connectivity index (χ2n) is 5.77. The number of esters is 1. The monoisotopic (exact) mass is 403 g/mol. The number of ether oxygens (including phenoxy) is 1. The highest BCUT2D eigenvalue weighted by Gasteiger charge is 2.19. The fourth-order valence-electron chi connectivity index (χ4n) is 2.25. The predicted octanol–water partition coefficient (Wildman–Crippen LogP) is 3.56. The van der Waals surface area contributed by atoms with Gasteiger partial charge < -0.3 is 14.5 Å². The molecule has 0 saturated heterocycles. The molecule has 0 unspecified atom stereocenters. The third kappa shape index (κ3) is 4.92. The molecule has 0 radical (unpaired) electrons. The SMILES string of the molecule is C[C@@H](OC(=O)CNC(=O)c1ccc(Cl)cc1)c1nnc(-c2ccc(F)cc2)o1. The van der Waals surface area contributed by atoms with Crippen LogP contribution in [0.25, 0.3) is 11.5 Å². The highest BCUT2D eigenvalue weighted by atomic mass is 35.5. The molecule has 9 heteroatoms. The Labute approximate surface area is 164 Å². The van der Waals surface area contributed by atoms with Gasteiger partial charge in [0.1, 0.15) is 12.4 Å². The number of halogens is 2. The van der Waals surface area contributed by atoms with Crippen molar-refractivity contribution in [2.75, 3.05) is 6.54 Å². The van der Waals surface area contributed by atoms with Gasteiger partial charge in [0, 0.05) is 16.1 Å². The molecule has 0 aliphatic rings. The zero-order valence-corrected chi connectivity index (χ0v) is 15.4. The number of carbonyl (C=O) groups excluding carboxylic acids is 2. The summed E-state index contributed by atoms with van der Waals surface area (Å²) in [5.74, 6) is -1.23. The van der Waals surface area contributed by atoms with Gasteiger partial charge >= 0.3 is 5.97 Å². The van der Waals surface area contributed by atoms with Gasteiger partial charge in [-0.1, -0.05) is 11.6 Å². The maximum atomic E-state index is 13.0. The molecule has 28 heavy (non-hydrogen) atoms. The average molecular weight is 404 g/mol. The van der Waals surface area contributed by atoms with Crippen LogP contribution in [0.3, 0.4) is 0 Å². The normalized spacial score (nSPS) is 11.7. The zero-order valence-electron chi connectivity index (χ0n) is 14.7. The minimum atomic E-state index is -0.818. The van der Waals surface area contributed by atoms with Crippen LogP contribution in [0.15, 0.2) is 52.9 Å². The lowest BCUT2D eigenvalue weighted by Gasteiger charge is -2.10. The van der Waals surface area contributed by atoms with Gasteiger partial charge in [-0.15, -0.1) is 10.2 Å². The molecule has 7 nitrogen and oxygen atoms in total. The van der Waals surface area contributed by atoms with E-state index in [4.69, 9.17) is 20.8 Å². The number of amides is 1. The van der Waals surface area contributed by atoms with E-state index in [0.29, 0.717) is 16.1 Å². The highest BCUT2D eigenvalue weighted by molar-refractivity contribution is 6.30. The molecule has 3 aromatic rings. The minimum absolute atomic E-state index is 0.0803. The molecule has 3 rings (SSSR count). The predicted molar refractivity (Wildman–Crippen MR) is 98.0 cm³/mol. The van der Waals surface area contributed by atoms with E-state index in [-0.39, 0.29) is 24.1 Å². The highest BCUT2D eigenvalue weighted by Crippen LogP contribution is 2.22. The Morgan fingerprint density at radius 1 is 1.14 bits per heavy atom. The van der Waals surface area contributed by atoms with Gasteiger partial charge in [-0.2, -0.15) is 0 Å². The van der Waals surface area contributed by atoms with Crippen molar-refractivity contribution in [3.05, 3.63) is 70.8 Å². The number of nitrogens with zero attached hydrogens (tertiary/aromatic N) is 2. The largest absolute Gasteiger partial charge is 0.451 e. The Hall–Kier alpha value is -3.26. The number of rotatable bonds is 6. The summed E-state index contributed by atoms with van der Waals surface area (Å²) in [6, 6.07) is 11.8. The van der Waals surface area contributed by atoms with E-state index in [0.717, 1.165) is 0 Å². The summed E-state index contributed by atoms with van der Waals surface area (Å²) < 4.78 is 23.6. The van der Waals surface area contributed by atoms with Crippen LogP contribution in [0.2, 0.25) is 5.02 Å². The number of benzene rings is 2. The van der Waals surface area contributed by atoms with E-state index in [1.807, 2.05) is 0 Å². The van der Waals surface area contributed by atoms with Crippen LogP contribution in [0.1, 0.15) is 29.3 Å². The molecule has 0 aliphatic heterocycles. The molecule has 0 bridgehead atoms. The molecule has 0 aliphatic carbocycles. The molecule has 144 valence electrons. The lowest BCUT2D eigenvalue weighted by Crippen LogP contribution is -2.31. The van der Waals surface area contributed by atoms with E-state index in [9.17, 15) is 14.0 Å². The van der Waals surface area contributed by atoms with Crippen LogP contribution in [-0.4, -0.2) is 28.6 Å². The topological polar surface area (TPSA) is 94.3 Å². The van der Waals surface area contributed by atoms with Crippen LogP contribution in [-0.2, 0) is 9.53 Å². The Morgan fingerprint density at radius 2 is 1.82 bits per heavy atom. The molecule has 1 N–H and O–H groups in total. The number of aromatic nitrogens is 2. The van der Waals surface area contributed by atoms with E-state index < -0.39 is 18.0 Å². The summed E-state index contributed by atoms with van der Waals surface area (Å²) in [7, 11) is 0. The summed E-state index contributed by atoms with van der Waals surface area (Å²) >= 11 is 5.76. The molecule has 1 heterocycles. The smallest absolute Gasteiger partial charge is 0.326 e. The van der Waals surface area contributed by atoms with Crippen molar-refractivity contribution in [3.63, 3.8) is 0 Å². The molecule has 0 fully saturated rings. The molecule has 0 saturated carbocycles. The van der Waals surface area contributed by atoms with Crippen molar-refractivity contribution >= 4 is 23.5 Å². The summed E-state index contributed by atoms with van der Waals surface area (Å²) in [5, 5.41) is 10.6. The summed E-state index contributed by atoms with van der Waals surface area (Å²) in [6.07, 6.45) is -0.818. The fraction of sp³-hybridized carbons (Fsp3) is 0.158. The lowest BCUT2D eigenvalue weighted by atomic mass is 10.2. The first-order chi connectivity index (χ1) is 13.4. The number of hydrogen-bond donors (Lipinski definition) is 1. The quantitative estimate of drug-likeness (QED) is 0.632. The summed E-state index contributed by atoms with van der Waals surface area (Å²) in [5.41, 5.74) is 0.903. The first-order valence-electron chi connectivity index (χ1n) is 8.25. The van der Waals surface area contributed by atoms with Crippen LogP contribution in [0.5, 0.6) is 0 Å². The number of hydrogen-bond acceptors (Lipinski definition) is 6. The van der Waals surface area contributed by atoms with Gasteiger partial charge in [-0.05, 0) is 55.5 Å². The van der Waals surface area contributed by atoms with Crippen molar-refractivity contribution in [2.45, 2.75) is 13.0 Å². The Morgan fingerprint density at radius 3 is 2.50 bits per heavy atom. The van der Waals surface area contributed by atoms with Gasteiger partial charge in [0.2, 0.25) is 5.89 Å². The third-order valence-corrected chi connectivity index (χ3v) is 3.94. The fourth-order valence-corrected chi connectivity index (χ4v) is 2.38. The summed E-state index contributed by atoms with van der Waals surface area (Å²) in [4.78, 5) is 23.9. The van der Waals surface area contributed by atoms with Gasteiger partial charge in [0.25, 0.3) is 11.8 Å². The standard InChI is InChI=1S/C19H15ClFN3O4/c1-11(18-23-24-19(28-18)13-4-8-15(21)9-5-13)27-16(25)10-22-17(26)12-2-6-14(20)7-3-12/h2-9,11H,10H2,1H3,(H,22,26)/t11-/m1/s1. The molecular formula is C19H15ClFN3O4.